The van der Waals surface area contributed by atoms with E-state index in [0.717, 1.165) is 19.5 Å². The summed E-state index contributed by atoms with van der Waals surface area (Å²) < 4.78 is 1.82. The minimum absolute atomic E-state index is 0.261. The molecule has 3 N–H and O–H groups in total. The third kappa shape index (κ3) is 4.99. The van der Waals surface area contributed by atoms with Gasteiger partial charge in [0.2, 0.25) is 0 Å². The normalized spacial score (nSPS) is 11.4. The fourth-order valence-electron chi connectivity index (χ4n) is 1.77. The molecule has 0 fully saturated rings. The Balaban J connectivity index is 2.41. The van der Waals surface area contributed by atoms with E-state index in [-0.39, 0.29) is 5.84 Å². The van der Waals surface area contributed by atoms with Gasteiger partial charge in [-0.1, -0.05) is 0 Å². The van der Waals surface area contributed by atoms with Crippen LogP contribution in [0.2, 0.25) is 0 Å². The van der Waals surface area contributed by atoms with Gasteiger partial charge in [-0.2, -0.15) is 5.10 Å². The number of amidine groups is 1. The second-order valence-corrected chi connectivity index (χ2v) is 4.68. The number of rotatable bonds is 7. The van der Waals surface area contributed by atoms with Gasteiger partial charge in [-0.25, -0.2) is 0 Å². The molecule has 0 amide bonds. The minimum atomic E-state index is 0.261. The highest BCUT2D eigenvalue weighted by molar-refractivity contribution is 5.76. The van der Waals surface area contributed by atoms with Gasteiger partial charge in [0.15, 0.2) is 0 Å². The minimum Gasteiger partial charge on any atom is -0.388 e. The molecule has 0 saturated heterocycles. The maximum Gasteiger partial charge on any atom is 0.0918 e. The van der Waals surface area contributed by atoms with E-state index < -0.39 is 0 Å². The molecular weight excluding hydrogens is 214 g/mol. The zero-order valence-corrected chi connectivity index (χ0v) is 11.0. The summed E-state index contributed by atoms with van der Waals surface area (Å²) in [4.78, 5) is 2.34. The molecule has 0 spiro atoms. The summed E-state index contributed by atoms with van der Waals surface area (Å²) in [5.41, 5.74) is 6.65. The van der Waals surface area contributed by atoms with Gasteiger partial charge in [-0.05, 0) is 25.8 Å². The summed E-state index contributed by atoms with van der Waals surface area (Å²) in [7, 11) is 1.93. The quantitative estimate of drug-likeness (QED) is 0.549. The van der Waals surface area contributed by atoms with Crippen LogP contribution < -0.4 is 5.73 Å². The average Bonchev–Trinajstić information content (AvgIpc) is 2.63. The van der Waals surface area contributed by atoms with Crippen molar-refractivity contribution in [3.63, 3.8) is 0 Å². The van der Waals surface area contributed by atoms with Gasteiger partial charge in [-0.3, -0.25) is 10.1 Å². The van der Waals surface area contributed by atoms with Crippen molar-refractivity contribution in [2.75, 3.05) is 13.1 Å². The third-order valence-electron chi connectivity index (χ3n) is 2.84. The van der Waals surface area contributed by atoms with Gasteiger partial charge >= 0.3 is 0 Å². The maximum absolute atomic E-state index is 7.27. The molecule has 0 saturated carbocycles. The zero-order valence-electron chi connectivity index (χ0n) is 11.0. The fraction of sp³-hybridized carbons (Fsp3) is 0.667. The molecule has 0 atom stereocenters. The highest BCUT2D eigenvalue weighted by atomic mass is 15.2. The Bertz CT molecular complexity index is 356. The molecule has 1 aromatic rings. The largest absolute Gasteiger partial charge is 0.388 e. The standard InChI is InChI=1S/C12H23N5/c1-10(2)17(7-5-12(13)14)6-4-11-8-15-16(3)9-11/h8-10H,4-7H2,1-3H3,(H3,13,14). The summed E-state index contributed by atoms with van der Waals surface area (Å²) in [6, 6.07) is 0.478. The predicted octanol–water partition coefficient (Wildman–Crippen LogP) is 0.999. The van der Waals surface area contributed by atoms with Crippen LogP contribution in [-0.2, 0) is 13.5 Å². The number of hydrogen-bond acceptors (Lipinski definition) is 3. The molecule has 0 aromatic carbocycles. The number of nitrogens with zero attached hydrogens (tertiary/aromatic N) is 3. The Morgan fingerprint density at radius 1 is 1.53 bits per heavy atom. The van der Waals surface area contributed by atoms with E-state index in [0.29, 0.717) is 12.5 Å². The first-order chi connectivity index (χ1) is 7.99. The molecule has 0 unspecified atom stereocenters. The molecule has 96 valence electrons. The van der Waals surface area contributed by atoms with Crippen molar-refractivity contribution in [3.8, 4) is 0 Å². The molecule has 17 heavy (non-hydrogen) atoms. The number of aryl methyl sites for hydroxylation is 1. The number of nitrogens with two attached hydrogens (primary N) is 1. The van der Waals surface area contributed by atoms with Crippen LogP contribution in [0.15, 0.2) is 12.4 Å². The topological polar surface area (TPSA) is 70.9 Å². The van der Waals surface area contributed by atoms with E-state index in [1.54, 1.807) is 0 Å². The first-order valence-corrected chi connectivity index (χ1v) is 6.03. The lowest BCUT2D eigenvalue weighted by molar-refractivity contribution is 0.230. The first-order valence-electron chi connectivity index (χ1n) is 6.03. The number of aromatic nitrogens is 2. The second kappa shape index (κ2) is 6.39. The Kier molecular flexibility index (Phi) is 5.15. The van der Waals surface area contributed by atoms with Crippen LogP contribution in [0, 0.1) is 5.41 Å². The Labute approximate surface area is 103 Å². The molecule has 0 aliphatic heterocycles. The number of nitrogens with one attached hydrogen (secondary N) is 1. The van der Waals surface area contributed by atoms with Crippen molar-refractivity contribution < 1.29 is 0 Å². The molecule has 0 bridgehead atoms. The lowest BCUT2D eigenvalue weighted by Gasteiger charge is -2.25. The van der Waals surface area contributed by atoms with Crippen LogP contribution in [0.25, 0.3) is 0 Å². The van der Waals surface area contributed by atoms with Crippen LogP contribution in [0.3, 0.4) is 0 Å². The van der Waals surface area contributed by atoms with Gasteiger partial charge in [0.05, 0.1) is 12.0 Å². The summed E-state index contributed by atoms with van der Waals surface area (Å²) in [5, 5.41) is 11.4. The van der Waals surface area contributed by atoms with Gasteiger partial charge in [0, 0.05) is 38.8 Å². The summed E-state index contributed by atoms with van der Waals surface area (Å²) in [6.07, 6.45) is 5.59. The molecule has 0 aliphatic rings. The monoisotopic (exact) mass is 237 g/mol. The first kappa shape index (κ1) is 13.7. The second-order valence-electron chi connectivity index (χ2n) is 4.68. The Hall–Kier alpha value is -1.36. The highest BCUT2D eigenvalue weighted by Crippen LogP contribution is 2.04. The van der Waals surface area contributed by atoms with Crippen LogP contribution >= 0.6 is 0 Å². The summed E-state index contributed by atoms with van der Waals surface area (Å²) >= 11 is 0. The SMILES string of the molecule is CC(C)N(CCC(=N)N)CCc1cnn(C)c1. The molecule has 1 rings (SSSR count). The van der Waals surface area contributed by atoms with Crippen molar-refractivity contribution in [3.05, 3.63) is 18.0 Å². The van der Waals surface area contributed by atoms with Crippen molar-refractivity contribution in [2.45, 2.75) is 32.7 Å². The van der Waals surface area contributed by atoms with Crippen molar-refractivity contribution in [1.29, 1.82) is 5.41 Å². The maximum atomic E-state index is 7.27. The predicted molar refractivity (Wildman–Crippen MR) is 70.2 cm³/mol. The highest BCUT2D eigenvalue weighted by Gasteiger charge is 2.10. The number of hydrogen-bond donors (Lipinski definition) is 2. The van der Waals surface area contributed by atoms with E-state index in [9.17, 15) is 0 Å². The van der Waals surface area contributed by atoms with E-state index in [4.69, 9.17) is 11.1 Å². The Morgan fingerprint density at radius 3 is 2.71 bits per heavy atom. The van der Waals surface area contributed by atoms with E-state index in [2.05, 4.69) is 23.8 Å². The van der Waals surface area contributed by atoms with Crippen molar-refractivity contribution in [2.24, 2.45) is 12.8 Å². The van der Waals surface area contributed by atoms with Crippen LogP contribution in [0.1, 0.15) is 25.8 Å². The molecule has 5 nitrogen and oxygen atoms in total. The molecule has 0 radical (unpaired) electrons. The van der Waals surface area contributed by atoms with Crippen LogP contribution in [0.5, 0.6) is 0 Å². The van der Waals surface area contributed by atoms with Crippen LogP contribution in [-0.4, -0.2) is 39.6 Å². The molecule has 0 aliphatic carbocycles. The lowest BCUT2D eigenvalue weighted by Crippen LogP contribution is -2.35. The average molecular weight is 237 g/mol. The van der Waals surface area contributed by atoms with E-state index in [1.807, 2.05) is 24.1 Å². The lowest BCUT2D eigenvalue weighted by atomic mass is 10.2. The molecule has 5 heteroatoms. The Morgan fingerprint density at radius 2 is 2.24 bits per heavy atom. The fourth-order valence-corrected chi connectivity index (χ4v) is 1.77. The van der Waals surface area contributed by atoms with E-state index >= 15 is 0 Å². The summed E-state index contributed by atoms with van der Waals surface area (Å²) in [5.74, 6) is 0.261. The van der Waals surface area contributed by atoms with E-state index in [1.165, 1.54) is 5.56 Å². The zero-order chi connectivity index (χ0) is 12.8. The van der Waals surface area contributed by atoms with Crippen LogP contribution in [0.4, 0.5) is 0 Å². The van der Waals surface area contributed by atoms with Crippen molar-refractivity contribution in [1.82, 2.24) is 14.7 Å². The molecular formula is C12H23N5. The van der Waals surface area contributed by atoms with Gasteiger partial charge in [-0.15, -0.1) is 0 Å². The van der Waals surface area contributed by atoms with Gasteiger partial charge in [0.1, 0.15) is 0 Å². The summed E-state index contributed by atoms with van der Waals surface area (Å²) in [6.45, 7) is 6.18. The smallest absolute Gasteiger partial charge is 0.0918 e. The van der Waals surface area contributed by atoms with Gasteiger partial charge in [0.25, 0.3) is 0 Å². The van der Waals surface area contributed by atoms with Gasteiger partial charge < -0.3 is 10.6 Å². The van der Waals surface area contributed by atoms with Crippen molar-refractivity contribution >= 4 is 5.84 Å². The molecule has 1 heterocycles. The third-order valence-corrected chi connectivity index (χ3v) is 2.84. The molecule has 1 aromatic heterocycles.